The number of aromatic nitrogens is 1. The van der Waals surface area contributed by atoms with Gasteiger partial charge >= 0.3 is 0 Å². The van der Waals surface area contributed by atoms with Gasteiger partial charge in [0.15, 0.2) is 0 Å². The molecule has 5 heteroatoms. The maximum Gasteiger partial charge on any atom is 0.227 e. The Morgan fingerprint density at radius 3 is 3.14 bits per heavy atom. The van der Waals surface area contributed by atoms with Gasteiger partial charge in [0.25, 0.3) is 0 Å². The van der Waals surface area contributed by atoms with Crippen LogP contribution in [0.15, 0.2) is 42.7 Å². The average molecular weight is 298 g/mol. The fourth-order valence-corrected chi connectivity index (χ4v) is 2.50. The number of rotatable bonds is 4. The number of carbonyl (C=O) groups excluding carboxylic acids is 1. The van der Waals surface area contributed by atoms with Gasteiger partial charge in [0.1, 0.15) is 18.1 Å². The molecule has 1 aromatic carbocycles. The molecule has 2 heterocycles. The van der Waals surface area contributed by atoms with Crippen molar-refractivity contribution in [2.75, 3.05) is 13.7 Å². The van der Waals surface area contributed by atoms with Crippen LogP contribution in [0.5, 0.6) is 11.5 Å². The fourth-order valence-electron chi connectivity index (χ4n) is 2.50. The van der Waals surface area contributed by atoms with Gasteiger partial charge in [-0.05, 0) is 41.8 Å². The molecule has 1 N–H and O–H groups in total. The molecule has 1 atom stereocenters. The van der Waals surface area contributed by atoms with Gasteiger partial charge in [0, 0.05) is 18.9 Å². The van der Waals surface area contributed by atoms with Crippen LogP contribution in [0, 0.1) is 5.92 Å². The molecular weight excluding hydrogens is 280 g/mol. The third kappa shape index (κ3) is 3.19. The Bertz CT molecular complexity index is 658. The summed E-state index contributed by atoms with van der Waals surface area (Å²) in [5.74, 6) is 1.42. The molecule has 0 aliphatic carbocycles. The molecule has 0 saturated heterocycles. The van der Waals surface area contributed by atoms with Crippen molar-refractivity contribution in [3.8, 4) is 11.5 Å². The lowest BCUT2D eigenvalue weighted by Gasteiger charge is -2.25. The van der Waals surface area contributed by atoms with Gasteiger partial charge in [-0.1, -0.05) is 6.07 Å². The molecule has 5 nitrogen and oxygen atoms in total. The lowest BCUT2D eigenvalue weighted by molar-refractivity contribution is -0.126. The van der Waals surface area contributed by atoms with Crippen molar-refractivity contribution in [2.24, 2.45) is 5.92 Å². The van der Waals surface area contributed by atoms with Crippen molar-refractivity contribution in [1.82, 2.24) is 10.3 Å². The number of hydrogen-bond acceptors (Lipinski definition) is 4. The Balaban J connectivity index is 1.62. The van der Waals surface area contributed by atoms with Crippen LogP contribution in [0.1, 0.15) is 11.1 Å². The minimum atomic E-state index is -0.184. The number of ether oxygens (including phenoxy) is 2. The van der Waals surface area contributed by atoms with Crippen molar-refractivity contribution in [1.29, 1.82) is 0 Å². The molecule has 1 aromatic heterocycles. The normalized spacial score (nSPS) is 16.3. The van der Waals surface area contributed by atoms with E-state index >= 15 is 0 Å². The van der Waals surface area contributed by atoms with E-state index in [2.05, 4.69) is 10.3 Å². The van der Waals surface area contributed by atoms with E-state index in [0.29, 0.717) is 19.6 Å². The summed E-state index contributed by atoms with van der Waals surface area (Å²) in [4.78, 5) is 16.3. The second-order valence-corrected chi connectivity index (χ2v) is 5.26. The molecule has 0 saturated carbocycles. The van der Waals surface area contributed by atoms with Crippen LogP contribution in [0.2, 0.25) is 0 Å². The Hall–Kier alpha value is -2.56. The van der Waals surface area contributed by atoms with Crippen molar-refractivity contribution >= 4 is 5.91 Å². The third-order valence-electron chi connectivity index (χ3n) is 3.73. The van der Waals surface area contributed by atoms with Crippen LogP contribution >= 0.6 is 0 Å². The number of nitrogens with zero attached hydrogens (tertiary/aromatic N) is 1. The largest absolute Gasteiger partial charge is 0.497 e. The van der Waals surface area contributed by atoms with E-state index in [1.807, 2.05) is 30.3 Å². The average Bonchev–Trinajstić information content (AvgIpc) is 2.59. The molecule has 1 amide bonds. The van der Waals surface area contributed by atoms with E-state index in [9.17, 15) is 4.79 Å². The molecule has 3 rings (SSSR count). The lowest BCUT2D eigenvalue weighted by Crippen LogP contribution is -2.37. The quantitative estimate of drug-likeness (QED) is 0.937. The number of pyridine rings is 1. The SMILES string of the molecule is COc1ccc2c(c1)C[C@H](C(=O)NCc1cccnc1)CO2. The summed E-state index contributed by atoms with van der Waals surface area (Å²) in [7, 11) is 1.63. The van der Waals surface area contributed by atoms with E-state index in [0.717, 1.165) is 22.6 Å². The highest BCUT2D eigenvalue weighted by molar-refractivity contribution is 5.79. The number of benzene rings is 1. The smallest absolute Gasteiger partial charge is 0.227 e. The summed E-state index contributed by atoms with van der Waals surface area (Å²) in [6.45, 7) is 0.881. The van der Waals surface area contributed by atoms with Gasteiger partial charge in [-0.25, -0.2) is 0 Å². The second-order valence-electron chi connectivity index (χ2n) is 5.26. The molecule has 22 heavy (non-hydrogen) atoms. The highest BCUT2D eigenvalue weighted by Gasteiger charge is 2.26. The summed E-state index contributed by atoms with van der Waals surface area (Å²) in [5, 5.41) is 2.94. The minimum Gasteiger partial charge on any atom is -0.497 e. The third-order valence-corrected chi connectivity index (χ3v) is 3.73. The summed E-state index contributed by atoms with van der Waals surface area (Å²) in [5.41, 5.74) is 1.99. The number of nitrogens with one attached hydrogen (secondary N) is 1. The van der Waals surface area contributed by atoms with E-state index in [-0.39, 0.29) is 11.8 Å². The number of carbonyl (C=O) groups is 1. The first-order chi connectivity index (χ1) is 10.8. The second kappa shape index (κ2) is 6.47. The summed E-state index contributed by atoms with van der Waals surface area (Å²) in [6.07, 6.45) is 4.12. The topological polar surface area (TPSA) is 60.5 Å². The molecule has 0 unspecified atom stereocenters. The van der Waals surface area contributed by atoms with Crippen molar-refractivity contribution in [3.05, 3.63) is 53.9 Å². The highest BCUT2D eigenvalue weighted by atomic mass is 16.5. The summed E-state index contributed by atoms with van der Waals surface area (Å²) >= 11 is 0. The lowest BCUT2D eigenvalue weighted by atomic mass is 9.95. The zero-order valence-electron chi connectivity index (χ0n) is 12.4. The summed E-state index contributed by atoms with van der Waals surface area (Å²) < 4.78 is 10.9. The van der Waals surface area contributed by atoms with Crippen molar-refractivity contribution in [3.63, 3.8) is 0 Å². The Kier molecular flexibility index (Phi) is 4.23. The van der Waals surface area contributed by atoms with Gasteiger partial charge in [-0.15, -0.1) is 0 Å². The standard InChI is InChI=1S/C17H18N2O3/c1-21-15-4-5-16-13(8-15)7-14(11-22-16)17(20)19-10-12-3-2-6-18-9-12/h2-6,8-9,14H,7,10-11H2,1H3,(H,19,20)/t14-/m0/s1. The van der Waals surface area contributed by atoms with E-state index in [1.54, 1.807) is 19.5 Å². The molecule has 114 valence electrons. The maximum absolute atomic E-state index is 12.3. The molecule has 0 fully saturated rings. The molecule has 0 radical (unpaired) electrons. The van der Waals surface area contributed by atoms with Gasteiger partial charge in [0.05, 0.1) is 13.0 Å². The molecule has 1 aliphatic rings. The van der Waals surface area contributed by atoms with Gasteiger partial charge in [-0.2, -0.15) is 0 Å². The van der Waals surface area contributed by atoms with E-state index in [1.165, 1.54) is 0 Å². The van der Waals surface area contributed by atoms with Gasteiger partial charge < -0.3 is 14.8 Å². The van der Waals surface area contributed by atoms with Crippen molar-refractivity contribution < 1.29 is 14.3 Å². The Morgan fingerprint density at radius 1 is 1.45 bits per heavy atom. The zero-order valence-corrected chi connectivity index (χ0v) is 12.4. The fraction of sp³-hybridized carbons (Fsp3) is 0.294. The zero-order chi connectivity index (χ0) is 15.4. The van der Waals surface area contributed by atoms with E-state index in [4.69, 9.17) is 9.47 Å². The first kappa shape index (κ1) is 14.4. The maximum atomic E-state index is 12.3. The predicted octanol–water partition coefficient (Wildman–Crippen LogP) is 1.96. The number of hydrogen-bond donors (Lipinski definition) is 1. The molecule has 2 aromatic rings. The van der Waals surface area contributed by atoms with Crippen LogP contribution in [0.4, 0.5) is 0 Å². The van der Waals surface area contributed by atoms with Crippen LogP contribution in [-0.2, 0) is 17.8 Å². The number of fused-ring (bicyclic) bond motifs is 1. The van der Waals surface area contributed by atoms with Crippen LogP contribution in [-0.4, -0.2) is 24.6 Å². The Labute approximate surface area is 129 Å². The van der Waals surface area contributed by atoms with Crippen molar-refractivity contribution in [2.45, 2.75) is 13.0 Å². The Morgan fingerprint density at radius 2 is 2.36 bits per heavy atom. The monoisotopic (exact) mass is 298 g/mol. The summed E-state index contributed by atoms with van der Waals surface area (Å²) in [6, 6.07) is 9.47. The molecule has 0 bridgehead atoms. The molecule has 0 spiro atoms. The minimum absolute atomic E-state index is 0.00248. The van der Waals surface area contributed by atoms with Crippen LogP contribution in [0.25, 0.3) is 0 Å². The predicted molar refractivity (Wildman–Crippen MR) is 81.8 cm³/mol. The molecule has 1 aliphatic heterocycles. The van der Waals surface area contributed by atoms with E-state index < -0.39 is 0 Å². The number of methoxy groups -OCH3 is 1. The van der Waals surface area contributed by atoms with Crippen LogP contribution < -0.4 is 14.8 Å². The first-order valence-corrected chi connectivity index (χ1v) is 7.22. The van der Waals surface area contributed by atoms with Gasteiger partial charge in [-0.3, -0.25) is 9.78 Å². The highest BCUT2D eigenvalue weighted by Crippen LogP contribution is 2.30. The van der Waals surface area contributed by atoms with Crippen LogP contribution in [0.3, 0.4) is 0 Å². The first-order valence-electron chi connectivity index (χ1n) is 7.22. The molecular formula is C17H18N2O3. The number of amides is 1. The van der Waals surface area contributed by atoms with Gasteiger partial charge in [0.2, 0.25) is 5.91 Å².